The molecule has 0 unspecified atom stereocenters. The summed E-state index contributed by atoms with van der Waals surface area (Å²) < 4.78 is 22.1. The number of hydrogen-bond donors (Lipinski definition) is 0. The zero-order valence-corrected chi connectivity index (χ0v) is 15.7. The minimum Gasteiger partial charge on any atom is -0.546 e. The highest BCUT2D eigenvalue weighted by molar-refractivity contribution is 5.80. The van der Waals surface area contributed by atoms with Crippen LogP contribution in [-0.2, 0) is 4.79 Å². The molecule has 0 N–H and O–H groups in total. The van der Waals surface area contributed by atoms with Crippen LogP contribution in [-0.4, -0.2) is 18.7 Å². The van der Waals surface area contributed by atoms with Crippen LogP contribution in [0.15, 0.2) is 51.7 Å². The molecule has 0 aliphatic heterocycles. The van der Waals surface area contributed by atoms with E-state index in [0.29, 0.717) is 23.5 Å². The largest absolute Gasteiger partial charge is 0.546 e. The molecule has 146 valence electrons. The van der Waals surface area contributed by atoms with Crippen LogP contribution in [0.5, 0.6) is 23.0 Å². The number of ether oxygens (including phenoxy) is 3. The highest BCUT2D eigenvalue weighted by atomic mass is 16.5. The first kappa shape index (κ1) is 19.3. The topological polar surface area (TPSA) is 98.0 Å². The van der Waals surface area contributed by atoms with Gasteiger partial charge in [-0.05, 0) is 57.2 Å². The summed E-state index contributed by atoms with van der Waals surface area (Å²) in [7, 11) is 0. The average Bonchev–Trinajstić information content (AvgIpc) is 2.66. The summed E-state index contributed by atoms with van der Waals surface area (Å²) in [6.45, 7) is 5.42. The van der Waals surface area contributed by atoms with Gasteiger partial charge in [0.2, 0.25) is 11.2 Å². The van der Waals surface area contributed by atoms with Crippen molar-refractivity contribution in [3.63, 3.8) is 0 Å². The molecule has 3 aromatic rings. The molecule has 3 rings (SSSR count). The molecule has 7 nitrogen and oxygen atoms in total. The first-order chi connectivity index (χ1) is 13.4. The number of carboxylic acids is 1. The van der Waals surface area contributed by atoms with Gasteiger partial charge in [-0.15, -0.1) is 0 Å². The number of carbonyl (C=O) groups excluding carboxylic acids is 1. The lowest BCUT2D eigenvalue weighted by Crippen LogP contribution is -2.37. The van der Waals surface area contributed by atoms with Gasteiger partial charge < -0.3 is 28.5 Å². The van der Waals surface area contributed by atoms with Crippen LogP contribution in [0.3, 0.4) is 0 Å². The van der Waals surface area contributed by atoms with Crippen molar-refractivity contribution < 1.29 is 28.5 Å². The molecule has 0 radical (unpaired) electrons. The lowest BCUT2D eigenvalue weighted by Gasteiger charge is -2.15. The highest BCUT2D eigenvalue weighted by Gasteiger charge is 2.15. The van der Waals surface area contributed by atoms with Crippen molar-refractivity contribution in [2.75, 3.05) is 6.61 Å². The Morgan fingerprint density at radius 1 is 1.11 bits per heavy atom. The van der Waals surface area contributed by atoms with Crippen LogP contribution in [0.25, 0.3) is 11.0 Å². The van der Waals surface area contributed by atoms with Crippen LogP contribution in [0, 0.1) is 6.92 Å². The van der Waals surface area contributed by atoms with Crippen molar-refractivity contribution >= 4 is 16.9 Å². The summed E-state index contributed by atoms with van der Waals surface area (Å²) in [6, 6.07) is 11.4. The number of carboxylic acid groups (broad SMARTS) is 1. The predicted molar refractivity (Wildman–Crippen MR) is 100 cm³/mol. The average molecular weight is 383 g/mol. The maximum Gasteiger partial charge on any atom is 0.235 e. The fourth-order valence-corrected chi connectivity index (χ4v) is 2.60. The van der Waals surface area contributed by atoms with Gasteiger partial charge in [0.25, 0.3) is 0 Å². The molecule has 0 aliphatic carbocycles. The SMILES string of the molecule is CCOc1ccc(Oc2c(C)oc3cc(O[C@@H](C)C(=O)[O-])ccc3c2=O)cc1. The number of hydrogen-bond acceptors (Lipinski definition) is 7. The maximum absolute atomic E-state index is 12.8. The van der Waals surface area contributed by atoms with E-state index >= 15 is 0 Å². The van der Waals surface area contributed by atoms with Crippen molar-refractivity contribution in [2.45, 2.75) is 26.9 Å². The van der Waals surface area contributed by atoms with Crippen molar-refractivity contribution in [3.05, 3.63) is 58.4 Å². The molecule has 0 aliphatic rings. The van der Waals surface area contributed by atoms with E-state index in [-0.39, 0.29) is 28.3 Å². The molecule has 7 heteroatoms. The Bertz CT molecular complexity index is 1050. The molecule has 0 spiro atoms. The lowest BCUT2D eigenvalue weighted by molar-refractivity contribution is -0.312. The second kappa shape index (κ2) is 8.04. The first-order valence-electron chi connectivity index (χ1n) is 8.74. The van der Waals surface area contributed by atoms with Crippen molar-refractivity contribution in [2.24, 2.45) is 0 Å². The quantitative estimate of drug-likeness (QED) is 0.619. The summed E-state index contributed by atoms with van der Waals surface area (Å²) in [6.07, 6.45) is -1.13. The third-order valence-electron chi connectivity index (χ3n) is 3.99. The van der Waals surface area contributed by atoms with Crippen LogP contribution in [0.4, 0.5) is 0 Å². The summed E-state index contributed by atoms with van der Waals surface area (Å²) in [5.74, 6) is 0.463. The number of benzene rings is 2. The molecule has 0 amide bonds. The molecule has 1 atom stereocenters. The standard InChI is InChI=1S/C21H20O7/c1-4-25-14-5-7-15(8-6-14)28-20-12(2)27-18-11-16(26-13(3)21(23)24)9-10-17(18)19(20)22/h5-11,13H,4H2,1-3H3,(H,23,24)/p-1/t13-/m0/s1. The molecule has 0 fully saturated rings. The van der Waals surface area contributed by atoms with E-state index in [2.05, 4.69) is 0 Å². The van der Waals surface area contributed by atoms with Gasteiger partial charge in [0.15, 0.2) is 0 Å². The second-order valence-electron chi connectivity index (χ2n) is 6.06. The van der Waals surface area contributed by atoms with E-state index in [1.165, 1.54) is 25.1 Å². The first-order valence-corrected chi connectivity index (χ1v) is 8.74. The smallest absolute Gasteiger partial charge is 0.235 e. The third kappa shape index (κ3) is 4.09. The molecule has 1 heterocycles. The summed E-state index contributed by atoms with van der Waals surface area (Å²) in [4.78, 5) is 23.6. The zero-order chi connectivity index (χ0) is 20.3. The molecule has 1 aromatic heterocycles. The normalized spacial score (nSPS) is 11.8. The van der Waals surface area contributed by atoms with Crippen molar-refractivity contribution in [3.8, 4) is 23.0 Å². The molecule has 2 aromatic carbocycles. The van der Waals surface area contributed by atoms with Crippen molar-refractivity contribution in [1.29, 1.82) is 0 Å². The fraction of sp³-hybridized carbons (Fsp3) is 0.238. The maximum atomic E-state index is 12.8. The third-order valence-corrected chi connectivity index (χ3v) is 3.99. The van der Waals surface area contributed by atoms with Crippen LogP contribution in [0.2, 0.25) is 0 Å². The Labute approximate surface area is 161 Å². The summed E-state index contributed by atoms with van der Waals surface area (Å²) >= 11 is 0. The fourth-order valence-electron chi connectivity index (χ4n) is 2.60. The van der Waals surface area contributed by atoms with Crippen LogP contribution >= 0.6 is 0 Å². The Kier molecular flexibility index (Phi) is 5.54. The van der Waals surface area contributed by atoms with E-state index in [1.807, 2.05) is 6.92 Å². The Hall–Kier alpha value is -3.48. The molecule has 28 heavy (non-hydrogen) atoms. The lowest BCUT2D eigenvalue weighted by atomic mass is 10.2. The molecular formula is C21H19O7-. The van der Waals surface area contributed by atoms with Gasteiger partial charge >= 0.3 is 0 Å². The number of carbonyl (C=O) groups is 1. The van der Waals surface area contributed by atoms with Crippen molar-refractivity contribution in [1.82, 2.24) is 0 Å². The summed E-state index contributed by atoms with van der Waals surface area (Å²) in [5, 5.41) is 11.1. The predicted octanol–water partition coefficient (Wildman–Crippen LogP) is 2.81. The number of fused-ring (bicyclic) bond motifs is 1. The number of aliphatic carboxylic acids is 1. The minimum absolute atomic E-state index is 0.0773. The number of rotatable bonds is 7. The van der Waals surface area contributed by atoms with Gasteiger partial charge in [-0.25, -0.2) is 0 Å². The van der Waals surface area contributed by atoms with Gasteiger partial charge in [0.05, 0.1) is 18.0 Å². The molecular weight excluding hydrogens is 364 g/mol. The van der Waals surface area contributed by atoms with Crippen LogP contribution < -0.4 is 24.7 Å². The Morgan fingerprint density at radius 2 is 1.75 bits per heavy atom. The monoisotopic (exact) mass is 383 g/mol. The van der Waals surface area contributed by atoms with Crippen LogP contribution in [0.1, 0.15) is 19.6 Å². The Morgan fingerprint density at radius 3 is 2.39 bits per heavy atom. The van der Waals surface area contributed by atoms with Gasteiger partial charge in [0, 0.05) is 6.07 Å². The van der Waals surface area contributed by atoms with Gasteiger partial charge in [0.1, 0.15) is 34.7 Å². The van der Waals surface area contributed by atoms with E-state index < -0.39 is 12.1 Å². The zero-order valence-electron chi connectivity index (χ0n) is 15.7. The molecule has 0 bridgehead atoms. The van der Waals surface area contributed by atoms with Gasteiger partial charge in [-0.2, -0.15) is 0 Å². The molecule has 0 saturated heterocycles. The van der Waals surface area contributed by atoms with E-state index in [1.54, 1.807) is 31.2 Å². The van der Waals surface area contributed by atoms with E-state index in [4.69, 9.17) is 18.6 Å². The van der Waals surface area contributed by atoms with Gasteiger partial charge in [-0.1, -0.05) is 0 Å². The molecule has 0 saturated carbocycles. The number of aryl methyl sites for hydroxylation is 1. The Balaban J connectivity index is 1.92. The summed E-state index contributed by atoms with van der Waals surface area (Å²) in [5.41, 5.74) is -0.0725. The highest BCUT2D eigenvalue weighted by Crippen LogP contribution is 2.28. The second-order valence-corrected chi connectivity index (χ2v) is 6.06. The minimum atomic E-state index is -1.34. The van der Waals surface area contributed by atoms with E-state index in [9.17, 15) is 14.7 Å². The van der Waals surface area contributed by atoms with Gasteiger partial charge in [-0.3, -0.25) is 4.79 Å². The van der Waals surface area contributed by atoms with E-state index in [0.717, 1.165) is 0 Å².